The number of benzene rings is 2. The van der Waals surface area contributed by atoms with Crippen LogP contribution in [0.3, 0.4) is 0 Å². The molecule has 10 heteroatoms. The van der Waals surface area contributed by atoms with E-state index >= 15 is 0 Å². The lowest BCUT2D eigenvalue weighted by Gasteiger charge is -2.04. The van der Waals surface area contributed by atoms with Gasteiger partial charge in [0.25, 0.3) is 5.69 Å². The SMILES string of the molecule is CS(=O)(=O)c1ccc(NC(=O)/C=C/c2cc3c(cc2[N+](=O)[O-])OCO3)cc1. The summed E-state index contributed by atoms with van der Waals surface area (Å²) in [5, 5.41) is 13.7. The Morgan fingerprint density at radius 1 is 1.19 bits per heavy atom. The number of hydrogen-bond donors (Lipinski definition) is 1. The molecule has 1 heterocycles. The van der Waals surface area contributed by atoms with Gasteiger partial charge in [-0.15, -0.1) is 0 Å². The lowest BCUT2D eigenvalue weighted by atomic mass is 10.1. The molecule has 0 aliphatic carbocycles. The summed E-state index contributed by atoms with van der Waals surface area (Å²) in [6.45, 7) is -0.0242. The molecule has 0 fully saturated rings. The number of nitro benzene ring substituents is 1. The van der Waals surface area contributed by atoms with Gasteiger partial charge in [0.05, 0.1) is 21.4 Å². The van der Waals surface area contributed by atoms with E-state index in [1.165, 1.54) is 42.5 Å². The average Bonchev–Trinajstić information content (AvgIpc) is 3.06. The molecule has 0 aromatic heterocycles. The molecule has 27 heavy (non-hydrogen) atoms. The van der Waals surface area contributed by atoms with Gasteiger partial charge >= 0.3 is 0 Å². The van der Waals surface area contributed by atoms with Gasteiger partial charge in [-0.1, -0.05) is 0 Å². The van der Waals surface area contributed by atoms with Gasteiger partial charge in [0.1, 0.15) is 0 Å². The Kier molecular flexibility index (Phi) is 4.82. The predicted octanol–water partition coefficient (Wildman–Crippen LogP) is 2.38. The van der Waals surface area contributed by atoms with Crippen LogP contribution in [0.5, 0.6) is 11.5 Å². The van der Waals surface area contributed by atoms with Crippen molar-refractivity contribution in [3.8, 4) is 11.5 Å². The van der Waals surface area contributed by atoms with Crippen molar-refractivity contribution in [2.24, 2.45) is 0 Å². The lowest BCUT2D eigenvalue weighted by molar-refractivity contribution is -0.385. The molecule has 1 aliphatic rings. The van der Waals surface area contributed by atoms with Crippen LogP contribution in [0.25, 0.3) is 6.08 Å². The number of sulfone groups is 1. The van der Waals surface area contributed by atoms with Crippen LogP contribution in [0, 0.1) is 10.1 Å². The number of fused-ring (bicyclic) bond motifs is 1. The van der Waals surface area contributed by atoms with Crippen LogP contribution in [0.4, 0.5) is 11.4 Å². The largest absolute Gasteiger partial charge is 0.454 e. The molecule has 1 amide bonds. The summed E-state index contributed by atoms with van der Waals surface area (Å²) < 4.78 is 33.1. The maximum absolute atomic E-state index is 12.0. The third-order valence-corrected chi connectivity index (χ3v) is 4.81. The Hall–Kier alpha value is -3.40. The first kappa shape index (κ1) is 18.4. The highest BCUT2D eigenvalue weighted by Gasteiger charge is 2.22. The normalized spacial score (nSPS) is 12.9. The van der Waals surface area contributed by atoms with Crippen LogP contribution in [0.15, 0.2) is 47.4 Å². The minimum atomic E-state index is -3.32. The summed E-state index contributed by atoms with van der Waals surface area (Å²) in [7, 11) is -3.32. The van der Waals surface area contributed by atoms with Crippen molar-refractivity contribution in [3.63, 3.8) is 0 Å². The quantitative estimate of drug-likeness (QED) is 0.472. The number of hydrogen-bond acceptors (Lipinski definition) is 7. The fraction of sp³-hybridized carbons (Fsp3) is 0.118. The second kappa shape index (κ2) is 7.08. The van der Waals surface area contributed by atoms with Crippen molar-refractivity contribution >= 4 is 33.2 Å². The van der Waals surface area contributed by atoms with Crippen molar-refractivity contribution in [3.05, 3.63) is 58.2 Å². The number of rotatable bonds is 5. The van der Waals surface area contributed by atoms with E-state index in [0.717, 1.165) is 12.3 Å². The first-order chi connectivity index (χ1) is 12.7. The van der Waals surface area contributed by atoms with Gasteiger partial charge in [-0.05, 0) is 36.4 Å². The molecule has 140 valence electrons. The third kappa shape index (κ3) is 4.23. The van der Waals surface area contributed by atoms with Crippen LogP contribution in [-0.2, 0) is 14.6 Å². The molecule has 3 rings (SSSR count). The maximum atomic E-state index is 12.0. The van der Waals surface area contributed by atoms with Gasteiger partial charge in [0.2, 0.25) is 12.7 Å². The van der Waals surface area contributed by atoms with Crippen molar-refractivity contribution < 1.29 is 27.6 Å². The molecule has 0 atom stereocenters. The molecule has 2 aromatic carbocycles. The molecule has 0 saturated carbocycles. The molecule has 0 bridgehead atoms. The van der Waals surface area contributed by atoms with E-state index in [-0.39, 0.29) is 28.7 Å². The van der Waals surface area contributed by atoms with Crippen molar-refractivity contribution in [2.45, 2.75) is 4.90 Å². The van der Waals surface area contributed by atoms with Crippen LogP contribution >= 0.6 is 0 Å². The van der Waals surface area contributed by atoms with Gasteiger partial charge in [0, 0.05) is 18.0 Å². The van der Waals surface area contributed by atoms with Gasteiger partial charge in [-0.3, -0.25) is 14.9 Å². The Bertz CT molecular complexity index is 1040. The first-order valence-electron chi connectivity index (χ1n) is 7.61. The second-order valence-electron chi connectivity index (χ2n) is 5.64. The number of carbonyl (C=O) groups excluding carboxylic acids is 1. The first-order valence-corrected chi connectivity index (χ1v) is 9.50. The van der Waals surface area contributed by atoms with Crippen LogP contribution < -0.4 is 14.8 Å². The summed E-state index contributed by atoms with van der Waals surface area (Å²) in [6.07, 6.45) is 3.51. The Morgan fingerprint density at radius 3 is 2.41 bits per heavy atom. The van der Waals surface area contributed by atoms with E-state index in [9.17, 15) is 23.3 Å². The molecule has 1 aliphatic heterocycles. The van der Waals surface area contributed by atoms with Crippen LogP contribution in [0.1, 0.15) is 5.56 Å². The van der Waals surface area contributed by atoms with E-state index < -0.39 is 20.7 Å². The van der Waals surface area contributed by atoms with E-state index in [0.29, 0.717) is 11.4 Å². The summed E-state index contributed by atoms with van der Waals surface area (Å²) in [5.74, 6) is 0.0976. The summed E-state index contributed by atoms with van der Waals surface area (Å²) in [6, 6.07) is 8.31. The third-order valence-electron chi connectivity index (χ3n) is 3.68. The van der Waals surface area contributed by atoms with E-state index in [4.69, 9.17) is 9.47 Å². The zero-order valence-electron chi connectivity index (χ0n) is 14.0. The van der Waals surface area contributed by atoms with Gasteiger partial charge in [-0.25, -0.2) is 8.42 Å². The molecular formula is C17H14N2O7S. The summed E-state index contributed by atoms with van der Waals surface area (Å²) >= 11 is 0. The van der Waals surface area contributed by atoms with Gasteiger partial charge in [0.15, 0.2) is 21.3 Å². The standard InChI is InChI=1S/C17H14N2O7S/c1-27(23,24)13-5-3-12(4-6-13)18-17(20)7-2-11-8-15-16(26-10-25-15)9-14(11)19(21)22/h2-9H,10H2,1H3,(H,18,20)/b7-2+. The van der Waals surface area contributed by atoms with E-state index in [2.05, 4.69) is 5.32 Å². The van der Waals surface area contributed by atoms with Crippen LogP contribution in [-0.4, -0.2) is 32.3 Å². The highest BCUT2D eigenvalue weighted by molar-refractivity contribution is 7.90. The van der Waals surface area contributed by atoms with E-state index in [1.807, 2.05) is 0 Å². The smallest absolute Gasteiger partial charge is 0.280 e. The zero-order valence-corrected chi connectivity index (χ0v) is 14.9. The number of nitrogens with zero attached hydrogens (tertiary/aromatic N) is 1. The Labute approximate surface area is 154 Å². The minimum Gasteiger partial charge on any atom is -0.454 e. The Morgan fingerprint density at radius 2 is 1.81 bits per heavy atom. The fourth-order valence-corrected chi connectivity index (χ4v) is 3.00. The fourth-order valence-electron chi connectivity index (χ4n) is 2.37. The summed E-state index contributed by atoms with van der Waals surface area (Å²) in [4.78, 5) is 22.8. The topological polar surface area (TPSA) is 125 Å². The molecule has 0 unspecified atom stereocenters. The highest BCUT2D eigenvalue weighted by atomic mass is 32.2. The second-order valence-corrected chi connectivity index (χ2v) is 7.66. The zero-order chi connectivity index (χ0) is 19.6. The maximum Gasteiger partial charge on any atom is 0.280 e. The highest BCUT2D eigenvalue weighted by Crippen LogP contribution is 2.38. The van der Waals surface area contributed by atoms with Crippen molar-refractivity contribution in [2.75, 3.05) is 18.4 Å². The number of nitro groups is 1. The lowest BCUT2D eigenvalue weighted by Crippen LogP contribution is -2.08. The van der Waals surface area contributed by atoms with Crippen molar-refractivity contribution in [1.82, 2.24) is 0 Å². The molecule has 2 aromatic rings. The molecule has 9 nitrogen and oxygen atoms in total. The van der Waals surface area contributed by atoms with Crippen molar-refractivity contribution in [1.29, 1.82) is 0 Å². The predicted molar refractivity (Wildman–Crippen MR) is 96.4 cm³/mol. The summed E-state index contributed by atoms with van der Waals surface area (Å²) in [5.41, 5.74) is 0.352. The number of anilines is 1. The number of ether oxygens (including phenoxy) is 2. The van der Waals surface area contributed by atoms with E-state index in [1.54, 1.807) is 0 Å². The number of carbonyl (C=O) groups is 1. The Balaban J connectivity index is 1.76. The van der Waals surface area contributed by atoms with Gasteiger partial charge < -0.3 is 14.8 Å². The molecule has 0 radical (unpaired) electrons. The van der Waals surface area contributed by atoms with Crippen LogP contribution in [0.2, 0.25) is 0 Å². The molecular weight excluding hydrogens is 376 g/mol. The van der Waals surface area contributed by atoms with Gasteiger partial charge in [-0.2, -0.15) is 0 Å². The monoisotopic (exact) mass is 390 g/mol. The molecule has 0 spiro atoms. The minimum absolute atomic E-state index is 0.0242. The number of nitrogens with one attached hydrogen (secondary N) is 1. The molecule has 0 saturated heterocycles. The average molecular weight is 390 g/mol. The number of amides is 1. The molecule has 1 N–H and O–H groups in total.